The highest BCUT2D eigenvalue weighted by Gasteiger charge is 2.06. The molecular weight excluding hydrogens is 232 g/mol. The van der Waals surface area contributed by atoms with E-state index in [4.69, 9.17) is 14.2 Å². The van der Waals surface area contributed by atoms with Gasteiger partial charge in [-0.2, -0.15) is 0 Å². The first-order valence-corrected chi connectivity index (χ1v) is 6.05. The molecule has 1 aromatic carbocycles. The van der Waals surface area contributed by atoms with E-state index in [1.807, 2.05) is 12.1 Å². The molecule has 1 aromatic rings. The molecule has 0 heterocycles. The summed E-state index contributed by atoms with van der Waals surface area (Å²) in [6, 6.07) is 7.23. The zero-order valence-electron chi connectivity index (χ0n) is 11.0. The molecule has 0 saturated carbocycles. The first-order valence-electron chi connectivity index (χ1n) is 6.05. The highest BCUT2D eigenvalue weighted by Crippen LogP contribution is 2.18. The molecule has 0 radical (unpaired) electrons. The minimum Gasteiger partial charge on any atom is -0.490 e. The fraction of sp³-hybridized carbons (Fsp3) is 0.500. The van der Waals surface area contributed by atoms with Crippen molar-refractivity contribution in [1.29, 1.82) is 0 Å². The lowest BCUT2D eigenvalue weighted by atomic mass is 10.1. The number of benzene rings is 1. The lowest BCUT2D eigenvalue weighted by Crippen LogP contribution is -2.10. The number of methoxy groups -OCH3 is 1. The molecule has 0 spiro atoms. The van der Waals surface area contributed by atoms with Crippen molar-refractivity contribution >= 4 is 5.78 Å². The Hall–Kier alpha value is -1.39. The Morgan fingerprint density at radius 1 is 1.11 bits per heavy atom. The van der Waals surface area contributed by atoms with Gasteiger partial charge >= 0.3 is 0 Å². The number of hydrogen-bond acceptors (Lipinski definition) is 4. The maximum atomic E-state index is 11.3. The largest absolute Gasteiger partial charge is 0.490 e. The van der Waals surface area contributed by atoms with Crippen LogP contribution in [-0.2, 0) is 9.47 Å². The van der Waals surface area contributed by atoms with E-state index in [1.165, 1.54) is 6.92 Å². The summed E-state index contributed by atoms with van der Waals surface area (Å²) >= 11 is 0. The van der Waals surface area contributed by atoms with Crippen molar-refractivity contribution in [2.45, 2.75) is 13.3 Å². The standard InChI is InChI=1S/C14H20O4/c1-12(15)13-6-3-4-7-14(13)18-11-10-17-9-5-8-16-2/h3-4,6-7H,5,8-11H2,1-2H3. The zero-order valence-corrected chi connectivity index (χ0v) is 11.0. The molecule has 0 aliphatic carbocycles. The highest BCUT2D eigenvalue weighted by molar-refractivity contribution is 5.96. The van der Waals surface area contributed by atoms with Crippen LogP contribution in [0.15, 0.2) is 24.3 Å². The van der Waals surface area contributed by atoms with Crippen LogP contribution < -0.4 is 4.74 Å². The molecule has 0 aliphatic rings. The van der Waals surface area contributed by atoms with Gasteiger partial charge in [-0.1, -0.05) is 12.1 Å². The molecule has 0 saturated heterocycles. The van der Waals surface area contributed by atoms with Crippen molar-refractivity contribution in [3.8, 4) is 5.75 Å². The third-order valence-corrected chi connectivity index (χ3v) is 2.39. The lowest BCUT2D eigenvalue weighted by Gasteiger charge is -2.09. The Morgan fingerprint density at radius 3 is 2.61 bits per heavy atom. The molecular formula is C14H20O4. The topological polar surface area (TPSA) is 44.8 Å². The number of Topliss-reactive ketones (excluding diaryl/α,β-unsaturated/α-hetero) is 1. The maximum absolute atomic E-state index is 11.3. The Labute approximate surface area is 108 Å². The number of carbonyl (C=O) groups excluding carboxylic acids is 1. The van der Waals surface area contributed by atoms with Gasteiger partial charge in [-0.25, -0.2) is 0 Å². The van der Waals surface area contributed by atoms with Crippen LogP contribution in [0, 0.1) is 0 Å². The van der Waals surface area contributed by atoms with Crippen LogP contribution in [0.25, 0.3) is 0 Å². The minimum absolute atomic E-state index is 0.00612. The van der Waals surface area contributed by atoms with E-state index in [0.29, 0.717) is 37.7 Å². The highest BCUT2D eigenvalue weighted by atomic mass is 16.5. The van der Waals surface area contributed by atoms with E-state index >= 15 is 0 Å². The van der Waals surface area contributed by atoms with E-state index in [9.17, 15) is 4.79 Å². The summed E-state index contributed by atoms with van der Waals surface area (Å²) in [7, 11) is 1.67. The number of para-hydroxylation sites is 1. The molecule has 18 heavy (non-hydrogen) atoms. The predicted octanol–water partition coefficient (Wildman–Crippen LogP) is 2.32. The molecule has 0 N–H and O–H groups in total. The third kappa shape index (κ3) is 5.29. The van der Waals surface area contributed by atoms with Crippen molar-refractivity contribution in [2.75, 3.05) is 33.5 Å². The second-order valence-corrected chi connectivity index (χ2v) is 3.86. The van der Waals surface area contributed by atoms with Crippen molar-refractivity contribution in [3.05, 3.63) is 29.8 Å². The van der Waals surface area contributed by atoms with Crippen LogP contribution in [-0.4, -0.2) is 39.3 Å². The normalized spacial score (nSPS) is 10.3. The summed E-state index contributed by atoms with van der Waals surface area (Å²) in [6.07, 6.45) is 0.876. The van der Waals surface area contributed by atoms with Crippen molar-refractivity contribution in [1.82, 2.24) is 0 Å². The third-order valence-electron chi connectivity index (χ3n) is 2.39. The van der Waals surface area contributed by atoms with Gasteiger partial charge < -0.3 is 14.2 Å². The number of ketones is 1. The molecule has 0 fully saturated rings. The second kappa shape index (κ2) is 8.66. The van der Waals surface area contributed by atoms with Crippen molar-refractivity contribution in [3.63, 3.8) is 0 Å². The number of rotatable bonds is 9. The van der Waals surface area contributed by atoms with Gasteiger partial charge in [-0.3, -0.25) is 4.79 Å². The smallest absolute Gasteiger partial charge is 0.163 e. The molecule has 0 bridgehead atoms. The first-order chi connectivity index (χ1) is 8.75. The monoisotopic (exact) mass is 252 g/mol. The van der Waals surface area contributed by atoms with Gasteiger partial charge in [0.05, 0.1) is 12.2 Å². The van der Waals surface area contributed by atoms with Gasteiger partial charge in [0.2, 0.25) is 0 Å². The average molecular weight is 252 g/mol. The van der Waals surface area contributed by atoms with Gasteiger partial charge in [0.15, 0.2) is 5.78 Å². The number of carbonyl (C=O) groups is 1. The van der Waals surface area contributed by atoms with Crippen LogP contribution in [0.5, 0.6) is 5.75 Å². The van der Waals surface area contributed by atoms with Gasteiger partial charge in [-0.05, 0) is 25.5 Å². The van der Waals surface area contributed by atoms with Crippen LogP contribution in [0.4, 0.5) is 0 Å². The molecule has 0 unspecified atom stereocenters. The van der Waals surface area contributed by atoms with Crippen molar-refractivity contribution in [2.24, 2.45) is 0 Å². The predicted molar refractivity (Wildman–Crippen MR) is 69.3 cm³/mol. The van der Waals surface area contributed by atoms with Crippen LogP contribution in [0.1, 0.15) is 23.7 Å². The molecule has 1 rings (SSSR count). The average Bonchev–Trinajstić information content (AvgIpc) is 2.38. The molecule has 0 amide bonds. The molecule has 0 aliphatic heterocycles. The second-order valence-electron chi connectivity index (χ2n) is 3.86. The molecule has 4 nitrogen and oxygen atoms in total. The number of hydrogen-bond donors (Lipinski definition) is 0. The fourth-order valence-corrected chi connectivity index (χ4v) is 1.50. The fourth-order valence-electron chi connectivity index (χ4n) is 1.50. The molecule has 0 atom stereocenters. The molecule has 4 heteroatoms. The Balaban J connectivity index is 2.25. The number of ether oxygens (including phenoxy) is 3. The van der Waals surface area contributed by atoms with Crippen LogP contribution in [0.3, 0.4) is 0 Å². The first kappa shape index (κ1) is 14.7. The SMILES string of the molecule is COCCCOCCOc1ccccc1C(C)=O. The maximum Gasteiger partial charge on any atom is 0.163 e. The summed E-state index contributed by atoms with van der Waals surface area (Å²) in [4.78, 5) is 11.3. The Bertz CT molecular complexity index is 363. The zero-order chi connectivity index (χ0) is 13.2. The Kier molecular flexibility index (Phi) is 7.06. The lowest BCUT2D eigenvalue weighted by molar-refractivity contribution is 0.0799. The summed E-state index contributed by atoms with van der Waals surface area (Å²) in [5.74, 6) is 0.622. The van der Waals surface area contributed by atoms with E-state index < -0.39 is 0 Å². The molecule has 100 valence electrons. The van der Waals surface area contributed by atoms with E-state index in [0.717, 1.165) is 6.42 Å². The summed E-state index contributed by atoms with van der Waals surface area (Å²) in [6.45, 7) is 3.84. The molecule has 0 aromatic heterocycles. The van der Waals surface area contributed by atoms with E-state index in [2.05, 4.69) is 0 Å². The van der Waals surface area contributed by atoms with Gasteiger partial charge in [0.1, 0.15) is 12.4 Å². The quantitative estimate of drug-likeness (QED) is 0.500. The van der Waals surface area contributed by atoms with Crippen LogP contribution >= 0.6 is 0 Å². The minimum atomic E-state index is 0.00612. The van der Waals surface area contributed by atoms with Gasteiger partial charge in [0, 0.05) is 20.3 Å². The van der Waals surface area contributed by atoms with Crippen molar-refractivity contribution < 1.29 is 19.0 Å². The summed E-state index contributed by atoms with van der Waals surface area (Å²) in [5.41, 5.74) is 0.608. The van der Waals surface area contributed by atoms with E-state index in [1.54, 1.807) is 19.2 Å². The summed E-state index contributed by atoms with van der Waals surface area (Å²) in [5, 5.41) is 0. The van der Waals surface area contributed by atoms with Gasteiger partial charge in [-0.15, -0.1) is 0 Å². The van der Waals surface area contributed by atoms with Gasteiger partial charge in [0.25, 0.3) is 0 Å². The van der Waals surface area contributed by atoms with Crippen LogP contribution in [0.2, 0.25) is 0 Å². The van der Waals surface area contributed by atoms with E-state index in [-0.39, 0.29) is 5.78 Å². The summed E-state index contributed by atoms with van der Waals surface area (Å²) < 4.78 is 15.8. The Morgan fingerprint density at radius 2 is 1.89 bits per heavy atom.